The Morgan fingerprint density at radius 1 is 1.00 bits per heavy atom. The average Bonchev–Trinajstić information content (AvgIpc) is 3.36. The number of ether oxygens (including phenoxy) is 1. The van der Waals surface area contributed by atoms with Crippen molar-refractivity contribution in [3.05, 3.63) is 101 Å². The molecular weight excluding hydrogens is 472 g/mol. The van der Waals surface area contributed by atoms with Gasteiger partial charge in [-0.15, -0.1) is 0 Å². The number of fused-ring (bicyclic) bond motifs is 1. The summed E-state index contributed by atoms with van der Waals surface area (Å²) in [7, 11) is 0. The van der Waals surface area contributed by atoms with Crippen molar-refractivity contribution in [2.75, 3.05) is 11.5 Å². The minimum atomic E-state index is -0.0689. The first kappa shape index (κ1) is 23.4. The third kappa shape index (κ3) is 4.64. The fourth-order valence-electron chi connectivity index (χ4n) is 4.39. The number of carbonyl (C=O) groups excluding carboxylic acids is 1. The van der Waals surface area contributed by atoms with Crippen LogP contribution in [0.4, 0.5) is 5.69 Å². The molecule has 0 bridgehead atoms. The lowest BCUT2D eigenvalue weighted by Gasteiger charge is -2.17. The summed E-state index contributed by atoms with van der Waals surface area (Å²) in [6.07, 6.45) is 4.90. The first-order valence-corrected chi connectivity index (χ1v) is 12.9. The van der Waals surface area contributed by atoms with E-state index in [9.17, 15) is 4.79 Å². The highest BCUT2D eigenvalue weighted by atomic mass is 32.2. The standard InChI is InChI=1S/C29H26N2O2S2/c1-3-21-11-5-7-13-24(21)31-28(32)27(35-29(31)34)18-22-19-30(25-14-8-6-12-23(22)25)16-17-33-26-15-9-4-10-20(26)2/h4-15,18-19H,3,16-17H2,1-2H3. The molecule has 0 atom stereocenters. The number of aromatic nitrogens is 1. The number of thioether (sulfide) groups is 1. The second-order valence-electron chi connectivity index (χ2n) is 8.41. The van der Waals surface area contributed by atoms with Gasteiger partial charge in [0, 0.05) is 22.7 Å². The zero-order chi connectivity index (χ0) is 24.4. The van der Waals surface area contributed by atoms with Gasteiger partial charge in [-0.25, -0.2) is 0 Å². The molecule has 3 aromatic carbocycles. The molecule has 0 unspecified atom stereocenters. The Hall–Kier alpha value is -3.35. The van der Waals surface area contributed by atoms with Gasteiger partial charge in [0.2, 0.25) is 0 Å². The SMILES string of the molecule is CCc1ccccc1N1C(=O)C(=Cc2cn(CCOc3ccccc3C)c3ccccc23)SC1=S. The number of nitrogens with zero attached hydrogens (tertiary/aromatic N) is 2. The monoisotopic (exact) mass is 498 g/mol. The normalized spacial score (nSPS) is 14.9. The van der Waals surface area contributed by atoms with E-state index < -0.39 is 0 Å². The molecule has 4 aromatic rings. The number of para-hydroxylation sites is 3. The zero-order valence-electron chi connectivity index (χ0n) is 19.7. The third-order valence-corrected chi connectivity index (χ3v) is 7.50. The van der Waals surface area contributed by atoms with E-state index in [4.69, 9.17) is 17.0 Å². The van der Waals surface area contributed by atoms with Crippen LogP contribution in [0, 0.1) is 6.92 Å². The number of rotatable bonds is 7. The summed E-state index contributed by atoms with van der Waals surface area (Å²) in [5.74, 6) is 0.834. The summed E-state index contributed by atoms with van der Waals surface area (Å²) in [6, 6.07) is 24.2. The van der Waals surface area contributed by atoms with Gasteiger partial charge >= 0.3 is 0 Å². The molecule has 0 radical (unpaired) electrons. The quantitative estimate of drug-likeness (QED) is 0.203. The molecule has 1 amide bonds. The number of anilines is 1. The molecule has 6 heteroatoms. The van der Waals surface area contributed by atoms with Crippen molar-refractivity contribution in [1.82, 2.24) is 4.57 Å². The number of benzene rings is 3. The number of amides is 1. The Bertz CT molecular complexity index is 1450. The fraction of sp³-hybridized carbons (Fsp3) is 0.172. The molecule has 176 valence electrons. The van der Waals surface area contributed by atoms with Crippen LogP contribution in [0.25, 0.3) is 17.0 Å². The van der Waals surface area contributed by atoms with E-state index in [0.29, 0.717) is 22.4 Å². The minimum absolute atomic E-state index is 0.0689. The van der Waals surface area contributed by atoms with Crippen LogP contribution in [-0.4, -0.2) is 21.4 Å². The molecule has 2 heterocycles. The predicted octanol–water partition coefficient (Wildman–Crippen LogP) is 7.00. The summed E-state index contributed by atoms with van der Waals surface area (Å²) >= 11 is 6.98. The lowest BCUT2D eigenvalue weighted by Crippen LogP contribution is -2.28. The Kier molecular flexibility index (Phi) is 6.75. The number of aryl methyl sites for hydroxylation is 2. The van der Waals surface area contributed by atoms with Crippen LogP contribution >= 0.6 is 24.0 Å². The fourth-order valence-corrected chi connectivity index (χ4v) is 5.67. The topological polar surface area (TPSA) is 34.5 Å². The number of thiocarbonyl (C=S) groups is 1. The van der Waals surface area contributed by atoms with E-state index >= 15 is 0 Å². The average molecular weight is 499 g/mol. The first-order chi connectivity index (χ1) is 17.1. The van der Waals surface area contributed by atoms with Crippen LogP contribution in [0.1, 0.15) is 23.6 Å². The highest BCUT2D eigenvalue weighted by Gasteiger charge is 2.34. The highest BCUT2D eigenvalue weighted by molar-refractivity contribution is 8.27. The Morgan fingerprint density at radius 2 is 1.74 bits per heavy atom. The second-order valence-corrected chi connectivity index (χ2v) is 10.1. The van der Waals surface area contributed by atoms with Crippen molar-refractivity contribution in [2.45, 2.75) is 26.8 Å². The lowest BCUT2D eigenvalue weighted by molar-refractivity contribution is -0.113. The maximum atomic E-state index is 13.4. The minimum Gasteiger partial charge on any atom is -0.491 e. The number of hydrogen-bond donors (Lipinski definition) is 0. The van der Waals surface area contributed by atoms with E-state index in [-0.39, 0.29) is 5.91 Å². The molecule has 35 heavy (non-hydrogen) atoms. The lowest BCUT2D eigenvalue weighted by atomic mass is 10.1. The van der Waals surface area contributed by atoms with Gasteiger partial charge in [0.25, 0.3) is 5.91 Å². The molecule has 0 spiro atoms. The van der Waals surface area contributed by atoms with Crippen molar-refractivity contribution in [1.29, 1.82) is 0 Å². The molecule has 5 rings (SSSR count). The molecular formula is C29H26N2O2S2. The van der Waals surface area contributed by atoms with Crippen LogP contribution in [0.5, 0.6) is 5.75 Å². The molecule has 1 aliphatic rings. The second kappa shape index (κ2) is 10.1. The predicted molar refractivity (Wildman–Crippen MR) is 150 cm³/mol. The number of carbonyl (C=O) groups is 1. The summed E-state index contributed by atoms with van der Waals surface area (Å²) in [4.78, 5) is 15.7. The molecule has 4 nitrogen and oxygen atoms in total. The molecule has 1 fully saturated rings. The highest BCUT2D eigenvalue weighted by Crippen LogP contribution is 2.38. The van der Waals surface area contributed by atoms with Crippen LogP contribution < -0.4 is 9.64 Å². The van der Waals surface area contributed by atoms with E-state index in [1.807, 2.05) is 73.7 Å². The van der Waals surface area contributed by atoms with Crippen molar-refractivity contribution < 1.29 is 9.53 Å². The van der Waals surface area contributed by atoms with E-state index in [1.54, 1.807) is 4.90 Å². The first-order valence-electron chi connectivity index (χ1n) is 11.7. The maximum absolute atomic E-state index is 13.4. The smallest absolute Gasteiger partial charge is 0.270 e. The molecule has 1 aromatic heterocycles. The summed E-state index contributed by atoms with van der Waals surface area (Å²) in [6.45, 7) is 5.39. The Labute approximate surface area is 215 Å². The third-order valence-electron chi connectivity index (χ3n) is 6.20. The van der Waals surface area contributed by atoms with Crippen LogP contribution in [0.2, 0.25) is 0 Å². The van der Waals surface area contributed by atoms with Gasteiger partial charge < -0.3 is 9.30 Å². The van der Waals surface area contributed by atoms with Gasteiger partial charge in [-0.2, -0.15) is 0 Å². The molecule has 1 aliphatic heterocycles. The van der Waals surface area contributed by atoms with Gasteiger partial charge in [-0.1, -0.05) is 85.5 Å². The van der Waals surface area contributed by atoms with Crippen LogP contribution in [0.3, 0.4) is 0 Å². The van der Waals surface area contributed by atoms with Gasteiger partial charge in [-0.05, 0) is 48.7 Å². The van der Waals surface area contributed by atoms with E-state index in [0.717, 1.165) is 45.5 Å². The van der Waals surface area contributed by atoms with Gasteiger partial charge in [0.15, 0.2) is 4.32 Å². The molecule has 0 N–H and O–H groups in total. The van der Waals surface area contributed by atoms with Gasteiger partial charge in [-0.3, -0.25) is 9.69 Å². The summed E-state index contributed by atoms with van der Waals surface area (Å²) in [5.41, 5.74) is 5.21. The van der Waals surface area contributed by atoms with Crippen molar-refractivity contribution in [3.8, 4) is 5.75 Å². The van der Waals surface area contributed by atoms with Crippen molar-refractivity contribution in [2.24, 2.45) is 0 Å². The summed E-state index contributed by atoms with van der Waals surface area (Å²) < 4.78 is 8.78. The maximum Gasteiger partial charge on any atom is 0.270 e. The molecule has 0 aliphatic carbocycles. The largest absolute Gasteiger partial charge is 0.491 e. The van der Waals surface area contributed by atoms with Crippen molar-refractivity contribution in [3.63, 3.8) is 0 Å². The van der Waals surface area contributed by atoms with Crippen LogP contribution in [0.15, 0.2) is 83.9 Å². The van der Waals surface area contributed by atoms with Crippen LogP contribution in [-0.2, 0) is 17.8 Å². The van der Waals surface area contributed by atoms with Gasteiger partial charge in [0.1, 0.15) is 12.4 Å². The van der Waals surface area contributed by atoms with Gasteiger partial charge in [0.05, 0.1) is 17.1 Å². The van der Waals surface area contributed by atoms with E-state index in [1.165, 1.54) is 11.8 Å². The Morgan fingerprint density at radius 3 is 2.57 bits per heavy atom. The summed E-state index contributed by atoms with van der Waals surface area (Å²) in [5, 5.41) is 1.10. The zero-order valence-corrected chi connectivity index (χ0v) is 21.4. The molecule has 0 saturated carbocycles. The number of hydrogen-bond acceptors (Lipinski definition) is 4. The Balaban J connectivity index is 1.42. The van der Waals surface area contributed by atoms with Crippen molar-refractivity contribution >= 4 is 56.9 Å². The van der Waals surface area contributed by atoms with E-state index in [2.05, 4.69) is 29.8 Å². The molecule has 1 saturated heterocycles.